The Hall–Kier alpha value is -2.74. The highest BCUT2D eigenvalue weighted by molar-refractivity contribution is 7.09. The van der Waals surface area contributed by atoms with Gasteiger partial charge in [0, 0.05) is 67.0 Å². The standard InChI is InChI=1S/C26H30N4O2S/c31-26(27-22-7-9-23(10-8-22)30-12-1-2-13-30)21-5-3-20(4-6-21)24-19-33-25(28-24)11-14-29-15-17-32-18-16-29/h3-10,19H,1-2,11-18H2,(H,27,31). The fourth-order valence-corrected chi connectivity index (χ4v) is 5.16. The van der Waals surface area contributed by atoms with Crippen molar-refractivity contribution in [2.24, 2.45) is 0 Å². The van der Waals surface area contributed by atoms with Crippen LogP contribution in [0.5, 0.6) is 0 Å². The summed E-state index contributed by atoms with van der Waals surface area (Å²) >= 11 is 1.70. The van der Waals surface area contributed by atoms with E-state index in [1.54, 1.807) is 11.3 Å². The van der Waals surface area contributed by atoms with Gasteiger partial charge in [-0.1, -0.05) is 12.1 Å². The Morgan fingerprint density at radius 3 is 2.42 bits per heavy atom. The lowest BCUT2D eigenvalue weighted by atomic mass is 10.1. The van der Waals surface area contributed by atoms with Crippen molar-refractivity contribution in [2.75, 3.05) is 56.2 Å². The first-order valence-electron chi connectivity index (χ1n) is 11.8. The molecule has 2 aliphatic heterocycles. The molecule has 6 nitrogen and oxygen atoms in total. The van der Waals surface area contributed by atoms with E-state index in [1.807, 2.05) is 36.4 Å². The molecular formula is C26H30N4O2S. The van der Waals surface area contributed by atoms with Gasteiger partial charge in [0.05, 0.1) is 23.9 Å². The van der Waals surface area contributed by atoms with Crippen molar-refractivity contribution < 1.29 is 9.53 Å². The highest BCUT2D eigenvalue weighted by Crippen LogP contribution is 2.24. The van der Waals surface area contributed by atoms with Crippen LogP contribution in [0, 0.1) is 0 Å². The lowest BCUT2D eigenvalue weighted by Crippen LogP contribution is -2.37. The third-order valence-corrected chi connectivity index (χ3v) is 7.25. The Kier molecular flexibility index (Phi) is 7.00. The van der Waals surface area contributed by atoms with Gasteiger partial charge in [-0.05, 0) is 49.2 Å². The van der Waals surface area contributed by atoms with Crippen molar-refractivity contribution >= 4 is 28.6 Å². The summed E-state index contributed by atoms with van der Waals surface area (Å²) in [6.45, 7) is 6.92. The minimum Gasteiger partial charge on any atom is -0.379 e. The number of thiazole rings is 1. The Labute approximate surface area is 199 Å². The number of nitrogens with zero attached hydrogens (tertiary/aromatic N) is 3. The molecule has 0 spiro atoms. The van der Waals surface area contributed by atoms with E-state index >= 15 is 0 Å². The number of hydrogen-bond donors (Lipinski definition) is 1. The molecule has 2 saturated heterocycles. The Morgan fingerprint density at radius 1 is 0.970 bits per heavy atom. The Bertz CT molecular complexity index is 1050. The number of hydrogen-bond acceptors (Lipinski definition) is 6. The largest absolute Gasteiger partial charge is 0.379 e. The lowest BCUT2D eigenvalue weighted by Gasteiger charge is -2.25. The van der Waals surface area contributed by atoms with Gasteiger partial charge in [0.25, 0.3) is 5.91 Å². The number of amides is 1. The molecule has 0 atom stereocenters. The first-order chi connectivity index (χ1) is 16.2. The van der Waals surface area contributed by atoms with Crippen LogP contribution in [0.2, 0.25) is 0 Å². The van der Waals surface area contributed by atoms with E-state index in [1.165, 1.54) is 18.5 Å². The maximum atomic E-state index is 12.7. The number of anilines is 2. The highest BCUT2D eigenvalue weighted by atomic mass is 32.1. The average molecular weight is 463 g/mol. The molecule has 33 heavy (non-hydrogen) atoms. The van der Waals surface area contributed by atoms with Crippen LogP contribution < -0.4 is 10.2 Å². The summed E-state index contributed by atoms with van der Waals surface area (Å²) in [5, 5.41) is 6.25. The summed E-state index contributed by atoms with van der Waals surface area (Å²) < 4.78 is 5.41. The lowest BCUT2D eigenvalue weighted by molar-refractivity contribution is 0.0384. The Morgan fingerprint density at radius 2 is 1.70 bits per heavy atom. The number of carbonyl (C=O) groups excluding carboxylic acids is 1. The summed E-state index contributed by atoms with van der Waals surface area (Å²) in [6, 6.07) is 15.8. The van der Waals surface area contributed by atoms with E-state index in [-0.39, 0.29) is 5.91 Å². The summed E-state index contributed by atoms with van der Waals surface area (Å²) in [5.74, 6) is -0.0973. The van der Waals surface area contributed by atoms with Gasteiger partial charge in [-0.3, -0.25) is 9.69 Å². The summed E-state index contributed by atoms with van der Waals surface area (Å²) in [7, 11) is 0. The van der Waals surface area contributed by atoms with Gasteiger partial charge in [-0.15, -0.1) is 11.3 Å². The van der Waals surface area contributed by atoms with Crippen molar-refractivity contribution in [2.45, 2.75) is 19.3 Å². The van der Waals surface area contributed by atoms with Crippen molar-refractivity contribution in [3.8, 4) is 11.3 Å². The second-order valence-corrected chi connectivity index (χ2v) is 9.55. The average Bonchev–Trinajstić information content (AvgIpc) is 3.57. The van der Waals surface area contributed by atoms with Crippen LogP contribution in [0.4, 0.5) is 11.4 Å². The zero-order valence-electron chi connectivity index (χ0n) is 18.8. The van der Waals surface area contributed by atoms with Gasteiger partial charge in [0.15, 0.2) is 0 Å². The summed E-state index contributed by atoms with van der Waals surface area (Å²) in [5.41, 5.74) is 4.70. The maximum Gasteiger partial charge on any atom is 0.255 e. The normalized spacial score (nSPS) is 16.8. The molecule has 1 amide bonds. The highest BCUT2D eigenvalue weighted by Gasteiger charge is 2.14. The van der Waals surface area contributed by atoms with E-state index in [2.05, 4.69) is 32.6 Å². The molecule has 0 saturated carbocycles. The molecule has 3 aromatic rings. The maximum absolute atomic E-state index is 12.7. The van der Waals surface area contributed by atoms with Crippen molar-refractivity contribution in [3.63, 3.8) is 0 Å². The number of aromatic nitrogens is 1. The quantitative estimate of drug-likeness (QED) is 0.559. The van der Waals surface area contributed by atoms with Crippen LogP contribution in [0.3, 0.4) is 0 Å². The van der Waals surface area contributed by atoms with Gasteiger partial charge < -0.3 is 15.0 Å². The molecule has 5 rings (SSSR count). The van der Waals surface area contributed by atoms with Crippen molar-refractivity contribution in [1.29, 1.82) is 0 Å². The van der Waals surface area contributed by atoms with Crippen molar-refractivity contribution in [1.82, 2.24) is 9.88 Å². The predicted octanol–water partition coefficient (Wildman–Crippen LogP) is 4.54. The number of ether oxygens (including phenoxy) is 1. The monoisotopic (exact) mass is 462 g/mol. The van der Waals surface area contributed by atoms with Crippen LogP contribution >= 0.6 is 11.3 Å². The zero-order valence-corrected chi connectivity index (χ0v) is 19.7. The van der Waals surface area contributed by atoms with E-state index < -0.39 is 0 Å². The van der Waals surface area contributed by atoms with E-state index in [4.69, 9.17) is 9.72 Å². The fourth-order valence-electron chi connectivity index (χ4n) is 4.36. The molecular weight excluding hydrogens is 432 g/mol. The van der Waals surface area contributed by atoms with Gasteiger partial charge >= 0.3 is 0 Å². The second kappa shape index (κ2) is 10.5. The number of morpholine rings is 1. The van der Waals surface area contributed by atoms with Crippen LogP contribution in [0.1, 0.15) is 28.2 Å². The second-order valence-electron chi connectivity index (χ2n) is 8.60. The van der Waals surface area contributed by atoms with Crippen molar-refractivity contribution in [3.05, 3.63) is 64.5 Å². The molecule has 0 unspecified atom stereocenters. The molecule has 1 N–H and O–H groups in total. The van der Waals surface area contributed by atoms with Crippen LogP contribution in [-0.2, 0) is 11.2 Å². The number of rotatable bonds is 7. The molecule has 1 aromatic heterocycles. The molecule has 172 valence electrons. The summed E-state index contributed by atoms with van der Waals surface area (Å²) in [6.07, 6.45) is 3.47. The van der Waals surface area contributed by atoms with Crippen LogP contribution in [0.25, 0.3) is 11.3 Å². The molecule has 3 heterocycles. The molecule has 2 fully saturated rings. The van der Waals surface area contributed by atoms with Gasteiger partial charge in [0.1, 0.15) is 0 Å². The number of benzene rings is 2. The molecule has 0 radical (unpaired) electrons. The minimum atomic E-state index is -0.0973. The zero-order chi connectivity index (χ0) is 22.5. The topological polar surface area (TPSA) is 57.7 Å². The Balaban J connectivity index is 1.16. The molecule has 2 aliphatic rings. The third kappa shape index (κ3) is 5.61. The van der Waals surface area contributed by atoms with E-state index in [9.17, 15) is 4.79 Å². The number of carbonyl (C=O) groups is 1. The smallest absolute Gasteiger partial charge is 0.255 e. The fraction of sp³-hybridized carbons (Fsp3) is 0.385. The molecule has 0 aliphatic carbocycles. The van der Waals surface area contributed by atoms with Crippen LogP contribution in [0.15, 0.2) is 53.9 Å². The molecule has 2 aromatic carbocycles. The molecule has 7 heteroatoms. The van der Waals surface area contributed by atoms with E-state index in [0.717, 1.165) is 74.3 Å². The van der Waals surface area contributed by atoms with Gasteiger partial charge in [-0.25, -0.2) is 4.98 Å². The van der Waals surface area contributed by atoms with Gasteiger partial charge in [0.2, 0.25) is 0 Å². The van der Waals surface area contributed by atoms with E-state index in [0.29, 0.717) is 5.56 Å². The minimum absolute atomic E-state index is 0.0973. The first kappa shape index (κ1) is 22.1. The SMILES string of the molecule is O=C(Nc1ccc(N2CCCC2)cc1)c1ccc(-c2csc(CCN3CCOCC3)n2)cc1. The molecule has 0 bridgehead atoms. The predicted molar refractivity (Wildman–Crippen MR) is 134 cm³/mol. The first-order valence-corrected chi connectivity index (χ1v) is 12.6. The summed E-state index contributed by atoms with van der Waals surface area (Å²) in [4.78, 5) is 22.3. The van der Waals surface area contributed by atoms with Gasteiger partial charge in [-0.2, -0.15) is 0 Å². The number of nitrogens with one attached hydrogen (secondary N) is 1. The third-order valence-electron chi connectivity index (χ3n) is 6.34. The van der Waals surface area contributed by atoms with Crippen LogP contribution in [-0.4, -0.2) is 61.7 Å².